The molecule has 25 heavy (non-hydrogen) atoms. The molecule has 1 saturated heterocycles. The van der Waals surface area contributed by atoms with Crippen molar-refractivity contribution in [1.29, 1.82) is 0 Å². The van der Waals surface area contributed by atoms with Gasteiger partial charge >= 0.3 is 6.01 Å². The van der Waals surface area contributed by atoms with Crippen molar-refractivity contribution in [1.82, 2.24) is 20.2 Å². The van der Waals surface area contributed by atoms with E-state index < -0.39 is 6.29 Å². The van der Waals surface area contributed by atoms with Crippen LogP contribution in [0, 0.1) is 5.41 Å². The first-order chi connectivity index (χ1) is 12.0. The Morgan fingerprint density at radius 3 is 2.80 bits per heavy atom. The molecule has 3 rings (SSSR count). The van der Waals surface area contributed by atoms with Crippen LogP contribution in [0.2, 0.25) is 0 Å². The number of benzene rings is 1. The maximum absolute atomic E-state index is 6.02. The Balaban J connectivity index is 1.77. The molecule has 0 amide bonds. The average Bonchev–Trinajstić information content (AvgIpc) is 3.16. The summed E-state index contributed by atoms with van der Waals surface area (Å²) in [4.78, 5) is 0. The first kappa shape index (κ1) is 17.8. The van der Waals surface area contributed by atoms with Crippen molar-refractivity contribution in [2.24, 2.45) is 5.41 Å². The van der Waals surface area contributed by atoms with Gasteiger partial charge in [0.15, 0.2) is 6.29 Å². The largest absolute Gasteiger partial charge is 0.429 e. The molecule has 0 bridgehead atoms. The Labute approximate surface area is 147 Å². The summed E-state index contributed by atoms with van der Waals surface area (Å²) in [6.07, 6.45) is -1.28. The van der Waals surface area contributed by atoms with Gasteiger partial charge in [0, 0.05) is 12.0 Å². The van der Waals surface area contributed by atoms with Gasteiger partial charge in [-0.2, -0.15) is 4.68 Å². The second-order valence-corrected chi connectivity index (χ2v) is 6.57. The lowest BCUT2D eigenvalue weighted by Gasteiger charge is -2.30. The minimum absolute atomic E-state index is 0.221. The molecule has 0 radical (unpaired) electrons. The number of hydrogen-bond donors (Lipinski definition) is 0. The summed E-state index contributed by atoms with van der Waals surface area (Å²) in [5.74, 6) is 0. The molecule has 1 aliphatic rings. The number of nitrogens with zero attached hydrogens (tertiary/aromatic N) is 4. The third kappa shape index (κ3) is 3.97. The molecule has 1 unspecified atom stereocenters. The highest BCUT2D eigenvalue weighted by Crippen LogP contribution is 2.36. The van der Waals surface area contributed by atoms with E-state index in [-0.39, 0.29) is 23.8 Å². The summed E-state index contributed by atoms with van der Waals surface area (Å²) in [5.41, 5.74) is 0.584. The van der Waals surface area contributed by atoms with Crippen LogP contribution in [0.4, 0.5) is 0 Å². The van der Waals surface area contributed by atoms with Crippen molar-refractivity contribution in [3.8, 4) is 11.7 Å². The highest BCUT2D eigenvalue weighted by Gasteiger charge is 2.47. The Kier molecular flexibility index (Phi) is 5.31. The fraction of sp³-hybridized carbons (Fsp3) is 0.588. The summed E-state index contributed by atoms with van der Waals surface area (Å²) < 4.78 is 24.8. The fourth-order valence-corrected chi connectivity index (χ4v) is 2.75. The number of para-hydroxylation sites is 1. The second kappa shape index (κ2) is 7.47. The highest BCUT2D eigenvalue weighted by molar-refractivity contribution is 5.31. The van der Waals surface area contributed by atoms with E-state index in [4.69, 9.17) is 18.9 Å². The predicted octanol–water partition coefficient (Wildman–Crippen LogP) is 2.19. The fourth-order valence-electron chi connectivity index (χ4n) is 2.75. The Morgan fingerprint density at radius 2 is 2.08 bits per heavy atom. The summed E-state index contributed by atoms with van der Waals surface area (Å²) in [6, 6.07) is 9.79. The zero-order chi connectivity index (χ0) is 17.9. The van der Waals surface area contributed by atoms with Crippen molar-refractivity contribution in [3.63, 3.8) is 0 Å². The third-order valence-corrected chi connectivity index (χ3v) is 4.04. The minimum Gasteiger partial charge on any atom is -0.429 e. The van der Waals surface area contributed by atoms with Gasteiger partial charge in [-0.1, -0.05) is 37.1 Å². The van der Waals surface area contributed by atoms with Gasteiger partial charge in [-0.05, 0) is 36.4 Å². The average molecular weight is 348 g/mol. The highest BCUT2D eigenvalue weighted by atomic mass is 16.7. The number of tetrazole rings is 1. The Hall–Kier alpha value is -2.03. The van der Waals surface area contributed by atoms with Crippen LogP contribution in [-0.2, 0) is 14.2 Å². The quantitative estimate of drug-likeness (QED) is 0.710. The normalized spacial score (nSPS) is 23.5. The molecule has 136 valence electrons. The first-order valence-corrected chi connectivity index (χ1v) is 8.40. The third-order valence-electron chi connectivity index (χ3n) is 4.04. The molecule has 3 atom stereocenters. The molecule has 2 aromatic rings. The van der Waals surface area contributed by atoms with Crippen molar-refractivity contribution < 1.29 is 18.9 Å². The van der Waals surface area contributed by atoms with Crippen LogP contribution >= 0.6 is 0 Å². The lowest BCUT2D eigenvalue weighted by atomic mass is 9.89. The monoisotopic (exact) mass is 348 g/mol. The van der Waals surface area contributed by atoms with Crippen LogP contribution < -0.4 is 4.74 Å². The van der Waals surface area contributed by atoms with Crippen LogP contribution in [0.25, 0.3) is 5.69 Å². The van der Waals surface area contributed by atoms with Gasteiger partial charge in [0.2, 0.25) is 6.29 Å². The molecule has 1 fully saturated rings. The van der Waals surface area contributed by atoms with Crippen molar-refractivity contribution in [2.45, 2.75) is 46.4 Å². The summed E-state index contributed by atoms with van der Waals surface area (Å²) in [7, 11) is 0. The van der Waals surface area contributed by atoms with Crippen molar-refractivity contribution in [2.75, 3.05) is 13.2 Å². The molecular formula is C17H24N4O4. The summed E-state index contributed by atoms with van der Waals surface area (Å²) >= 11 is 0. The topological polar surface area (TPSA) is 80.5 Å². The zero-order valence-corrected chi connectivity index (χ0v) is 15.0. The van der Waals surface area contributed by atoms with E-state index in [0.29, 0.717) is 13.2 Å². The molecule has 0 N–H and O–H groups in total. The van der Waals surface area contributed by atoms with Gasteiger partial charge < -0.3 is 18.9 Å². The Bertz CT molecular complexity index is 676. The Morgan fingerprint density at radius 1 is 1.32 bits per heavy atom. The molecule has 0 spiro atoms. The van der Waals surface area contributed by atoms with Crippen LogP contribution in [0.1, 0.15) is 27.7 Å². The van der Waals surface area contributed by atoms with Crippen LogP contribution in [-0.4, -0.2) is 52.1 Å². The van der Waals surface area contributed by atoms with E-state index in [1.54, 1.807) is 0 Å². The van der Waals surface area contributed by atoms with Crippen LogP contribution in [0.15, 0.2) is 30.3 Å². The molecule has 1 aliphatic heterocycles. The van der Waals surface area contributed by atoms with Gasteiger partial charge in [-0.3, -0.25) is 0 Å². The smallest absolute Gasteiger partial charge is 0.342 e. The number of aromatic nitrogens is 4. The molecule has 8 nitrogen and oxygen atoms in total. The molecule has 0 aliphatic carbocycles. The van der Waals surface area contributed by atoms with E-state index in [0.717, 1.165) is 5.69 Å². The van der Waals surface area contributed by atoms with E-state index >= 15 is 0 Å². The predicted molar refractivity (Wildman–Crippen MR) is 89.3 cm³/mol. The maximum atomic E-state index is 6.02. The SMILES string of the molecule is CCOC(C)O[C@H]1[C@H](Oc2nnnn2-c2ccccc2)OCC1(C)C. The van der Waals surface area contributed by atoms with Gasteiger partial charge in [-0.15, -0.1) is 0 Å². The molecule has 2 heterocycles. The molecule has 8 heteroatoms. The number of hydrogen-bond acceptors (Lipinski definition) is 7. The van der Waals surface area contributed by atoms with Crippen molar-refractivity contribution >= 4 is 0 Å². The van der Waals surface area contributed by atoms with Gasteiger partial charge in [0.25, 0.3) is 0 Å². The van der Waals surface area contributed by atoms with E-state index in [9.17, 15) is 0 Å². The number of rotatable bonds is 7. The van der Waals surface area contributed by atoms with Crippen LogP contribution in [0.3, 0.4) is 0 Å². The molecule has 1 aromatic carbocycles. The minimum atomic E-state index is -0.619. The van der Waals surface area contributed by atoms with Gasteiger partial charge in [0.05, 0.1) is 12.3 Å². The zero-order valence-electron chi connectivity index (χ0n) is 15.0. The van der Waals surface area contributed by atoms with Crippen molar-refractivity contribution in [3.05, 3.63) is 30.3 Å². The number of ether oxygens (including phenoxy) is 4. The molecule has 0 saturated carbocycles. The molecule has 1 aromatic heterocycles. The summed E-state index contributed by atoms with van der Waals surface area (Å²) in [6.45, 7) is 9.02. The van der Waals surface area contributed by atoms with Gasteiger partial charge in [0.1, 0.15) is 6.10 Å². The van der Waals surface area contributed by atoms with E-state index in [2.05, 4.69) is 29.4 Å². The first-order valence-electron chi connectivity index (χ1n) is 8.40. The molecular weight excluding hydrogens is 324 g/mol. The van der Waals surface area contributed by atoms with Gasteiger partial charge in [-0.25, -0.2) is 0 Å². The lowest BCUT2D eigenvalue weighted by molar-refractivity contribution is -0.210. The van der Waals surface area contributed by atoms with E-state index in [1.165, 1.54) is 4.68 Å². The standard InChI is InChI=1S/C17H24N4O4/c1-5-22-12(2)24-14-15(23-11-17(14,3)4)25-16-18-19-20-21(16)13-9-7-6-8-10-13/h6-10,12,14-15H,5,11H2,1-4H3/t12?,14-,15-/m0/s1. The second-order valence-electron chi connectivity index (χ2n) is 6.57. The lowest BCUT2D eigenvalue weighted by Crippen LogP contribution is -2.41. The summed E-state index contributed by atoms with van der Waals surface area (Å²) in [5, 5.41) is 11.7. The van der Waals surface area contributed by atoms with Crippen LogP contribution in [0.5, 0.6) is 6.01 Å². The maximum Gasteiger partial charge on any atom is 0.342 e. The van der Waals surface area contributed by atoms with E-state index in [1.807, 2.05) is 44.2 Å².